The summed E-state index contributed by atoms with van der Waals surface area (Å²) in [7, 11) is 0. The zero-order chi connectivity index (χ0) is 16.7. The normalized spacial score (nSPS) is 10.7. The molecule has 1 heterocycles. The van der Waals surface area contributed by atoms with Crippen molar-refractivity contribution in [2.24, 2.45) is 0 Å². The van der Waals surface area contributed by atoms with Gasteiger partial charge in [-0.05, 0) is 42.1 Å². The van der Waals surface area contributed by atoms with E-state index >= 15 is 0 Å². The Morgan fingerprint density at radius 3 is 2.61 bits per heavy atom. The zero-order valence-electron chi connectivity index (χ0n) is 13.6. The van der Waals surface area contributed by atoms with E-state index in [0.29, 0.717) is 24.4 Å². The average Bonchev–Trinajstić information content (AvgIpc) is 3.04. The highest BCUT2D eigenvalue weighted by Gasteiger charge is 2.21. The van der Waals surface area contributed by atoms with E-state index in [4.69, 9.17) is 0 Å². The number of hydrogen-bond donors (Lipinski definition) is 0. The van der Waals surface area contributed by atoms with Crippen molar-refractivity contribution >= 4 is 17.4 Å². The van der Waals surface area contributed by atoms with Crippen LogP contribution in [0.2, 0.25) is 0 Å². The Morgan fingerprint density at radius 2 is 1.96 bits per heavy atom. The Morgan fingerprint density at radius 1 is 1.22 bits per heavy atom. The number of hydrogen-bond acceptors (Lipinski definition) is 4. The van der Waals surface area contributed by atoms with Crippen molar-refractivity contribution in [3.63, 3.8) is 0 Å². The first-order valence-electron chi connectivity index (χ1n) is 8.00. The van der Waals surface area contributed by atoms with E-state index < -0.39 is 0 Å². The van der Waals surface area contributed by atoms with Crippen molar-refractivity contribution in [1.29, 1.82) is 0 Å². The molecule has 0 saturated heterocycles. The lowest BCUT2D eigenvalue weighted by Crippen LogP contribution is -2.31. The van der Waals surface area contributed by atoms with Crippen molar-refractivity contribution in [1.82, 2.24) is 14.5 Å². The van der Waals surface area contributed by atoms with Gasteiger partial charge in [0.05, 0.1) is 5.69 Å². The van der Waals surface area contributed by atoms with E-state index in [-0.39, 0.29) is 11.7 Å². The van der Waals surface area contributed by atoms with Crippen molar-refractivity contribution in [3.05, 3.63) is 46.2 Å². The molecule has 1 aromatic heterocycles. The van der Waals surface area contributed by atoms with Gasteiger partial charge < -0.3 is 4.90 Å². The van der Waals surface area contributed by atoms with Crippen molar-refractivity contribution in [2.75, 3.05) is 6.54 Å². The van der Waals surface area contributed by atoms with Crippen molar-refractivity contribution < 1.29 is 9.18 Å². The number of rotatable bonds is 8. The quantitative estimate of drug-likeness (QED) is 0.683. The number of nitrogens with zero attached hydrogens (tertiary/aromatic N) is 3. The molecule has 4 nitrogen and oxygen atoms in total. The Hall–Kier alpha value is -1.82. The minimum Gasteiger partial charge on any atom is -0.334 e. The van der Waals surface area contributed by atoms with Gasteiger partial charge in [-0.3, -0.25) is 4.79 Å². The maximum atomic E-state index is 13.1. The summed E-state index contributed by atoms with van der Waals surface area (Å²) in [5.74, 6) is -0.296. The number of aryl methyl sites for hydroxylation is 1. The monoisotopic (exact) mass is 335 g/mol. The first kappa shape index (κ1) is 17.5. The van der Waals surface area contributed by atoms with Gasteiger partial charge in [0.15, 0.2) is 0 Å². The number of carbonyl (C=O) groups excluding carboxylic acids is 1. The Bertz CT molecular complexity index is 627. The van der Waals surface area contributed by atoms with Crippen LogP contribution in [0.4, 0.5) is 4.39 Å². The molecule has 0 aliphatic rings. The van der Waals surface area contributed by atoms with E-state index in [9.17, 15) is 9.18 Å². The molecule has 2 rings (SSSR count). The number of amides is 1. The summed E-state index contributed by atoms with van der Waals surface area (Å²) < 4.78 is 17.0. The van der Waals surface area contributed by atoms with Crippen LogP contribution in [0.3, 0.4) is 0 Å². The summed E-state index contributed by atoms with van der Waals surface area (Å²) in [4.78, 5) is 15.3. The van der Waals surface area contributed by atoms with Gasteiger partial charge in [0.2, 0.25) is 0 Å². The third-order valence-electron chi connectivity index (χ3n) is 3.69. The lowest BCUT2D eigenvalue weighted by Gasteiger charge is -2.22. The highest BCUT2D eigenvalue weighted by atomic mass is 32.1. The standard InChI is InChI=1S/C17H22FN3OS/c1-3-5-6-11-21(12-13-7-9-14(18)10-8-13)17(22)16-15(4-2)19-20-23-16/h7-10H,3-6,11-12H2,1-2H3. The number of benzene rings is 1. The number of carbonyl (C=O) groups is 1. The molecule has 0 atom stereocenters. The van der Waals surface area contributed by atoms with Gasteiger partial charge in [0.25, 0.3) is 5.91 Å². The predicted molar refractivity (Wildman–Crippen MR) is 90.0 cm³/mol. The van der Waals surface area contributed by atoms with Gasteiger partial charge >= 0.3 is 0 Å². The molecule has 0 spiro atoms. The van der Waals surface area contributed by atoms with E-state index in [1.54, 1.807) is 12.1 Å². The predicted octanol–water partition coefficient (Wildman–Crippen LogP) is 4.07. The molecule has 0 bridgehead atoms. The van der Waals surface area contributed by atoms with Crippen molar-refractivity contribution in [3.8, 4) is 0 Å². The highest BCUT2D eigenvalue weighted by molar-refractivity contribution is 7.07. The first-order valence-corrected chi connectivity index (χ1v) is 8.78. The van der Waals surface area contributed by atoms with Gasteiger partial charge in [0, 0.05) is 13.1 Å². The average molecular weight is 335 g/mol. The highest BCUT2D eigenvalue weighted by Crippen LogP contribution is 2.17. The van der Waals surface area contributed by atoms with Crippen LogP contribution in [0.25, 0.3) is 0 Å². The second-order valence-electron chi connectivity index (χ2n) is 5.46. The Balaban J connectivity index is 2.15. The summed E-state index contributed by atoms with van der Waals surface area (Å²) in [6.07, 6.45) is 3.82. The van der Waals surface area contributed by atoms with Crippen LogP contribution in [0, 0.1) is 5.82 Å². The van der Waals surface area contributed by atoms with Gasteiger partial charge in [-0.2, -0.15) is 0 Å². The molecule has 23 heavy (non-hydrogen) atoms. The fourth-order valence-electron chi connectivity index (χ4n) is 2.36. The molecule has 0 fully saturated rings. The summed E-state index contributed by atoms with van der Waals surface area (Å²) in [6, 6.07) is 6.30. The van der Waals surface area contributed by atoms with Gasteiger partial charge in [-0.15, -0.1) is 5.10 Å². The van der Waals surface area contributed by atoms with Crippen molar-refractivity contribution in [2.45, 2.75) is 46.1 Å². The summed E-state index contributed by atoms with van der Waals surface area (Å²) >= 11 is 1.15. The van der Waals surface area contributed by atoms with Crippen LogP contribution in [0.15, 0.2) is 24.3 Å². The number of halogens is 1. The molecule has 0 unspecified atom stereocenters. The van der Waals surface area contributed by atoms with Crippen LogP contribution in [0.5, 0.6) is 0 Å². The maximum absolute atomic E-state index is 13.1. The van der Waals surface area contributed by atoms with E-state index in [0.717, 1.165) is 42.1 Å². The molecular weight excluding hydrogens is 313 g/mol. The molecule has 0 saturated carbocycles. The fourth-order valence-corrected chi connectivity index (χ4v) is 3.08. The second kappa shape index (κ2) is 8.72. The summed E-state index contributed by atoms with van der Waals surface area (Å²) in [5.41, 5.74) is 1.67. The number of unbranched alkanes of at least 4 members (excludes halogenated alkanes) is 2. The Kier molecular flexibility index (Phi) is 6.65. The zero-order valence-corrected chi connectivity index (χ0v) is 14.4. The minimum atomic E-state index is -0.266. The van der Waals surface area contributed by atoms with Crippen LogP contribution < -0.4 is 0 Å². The van der Waals surface area contributed by atoms with Gasteiger partial charge in [0.1, 0.15) is 10.7 Å². The number of aromatic nitrogens is 2. The largest absolute Gasteiger partial charge is 0.334 e. The van der Waals surface area contributed by atoms with Gasteiger partial charge in [-0.25, -0.2) is 4.39 Å². The first-order chi connectivity index (χ1) is 11.2. The Labute approximate surface area is 140 Å². The summed E-state index contributed by atoms with van der Waals surface area (Å²) in [5, 5.41) is 4.02. The van der Waals surface area contributed by atoms with Crippen LogP contribution in [0.1, 0.15) is 54.0 Å². The third kappa shape index (κ3) is 4.82. The lowest BCUT2D eigenvalue weighted by atomic mass is 10.1. The molecule has 1 amide bonds. The molecule has 0 N–H and O–H groups in total. The smallest absolute Gasteiger partial charge is 0.267 e. The maximum Gasteiger partial charge on any atom is 0.267 e. The molecule has 0 aliphatic carbocycles. The minimum absolute atomic E-state index is 0.0303. The fraction of sp³-hybridized carbons (Fsp3) is 0.471. The molecule has 0 aliphatic heterocycles. The van der Waals surface area contributed by atoms with E-state index in [1.165, 1.54) is 12.1 Å². The molecular formula is C17H22FN3OS. The SMILES string of the molecule is CCCCCN(Cc1ccc(F)cc1)C(=O)c1snnc1CC. The van der Waals surface area contributed by atoms with Gasteiger partial charge in [-0.1, -0.05) is 43.3 Å². The summed E-state index contributed by atoms with van der Waals surface area (Å²) in [6.45, 7) is 5.26. The molecule has 0 radical (unpaired) electrons. The second-order valence-corrected chi connectivity index (χ2v) is 6.22. The van der Waals surface area contributed by atoms with E-state index in [2.05, 4.69) is 16.5 Å². The third-order valence-corrected chi connectivity index (χ3v) is 4.45. The molecule has 1 aromatic carbocycles. The van der Waals surface area contributed by atoms with Crippen LogP contribution in [-0.2, 0) is 13.0 Å². The molecule has 6 heteroatoms. The van der Waals surface area contributed by atoms with Crippen LogP contribution in [-0.4, -0.2) is 26.9 Å². The molecule has 124 valence electrons. The molecule has 2 aromatic rings. The van der Waals surface area contributed by atoms with Crippen LogP contribution >= 0.6 is 11.5 Å². The lowest BCUT2D eigenvalue weighted by molar-refractivity contribution is 0.0743. The topological polar surface area (TPSA) is 46.1 Å². The van der Waals surface area contributed by atoms with E-state index in [1.807, 2.05) is 11.8 Å².